The summed E-state index contributed by atoms with van der Waals surface area (Å²) in [6.45, 7) is 11.4. The zero-order valence-corrected chi connectivity index (χ0v) is 13.7. The van der Waals surface area contributed by atoms with E-state index in [1.54, 1.807) is 6.92 Å². The predicted octanol–water partition coefficient (Wildman–Crippen LogP) is 3.40. The number of aliphatic carboxylic acids is 1. The number of ether oxygens (including phenoxy) is 1. The average Bonchev–Trinajstić information content (AvgIpc) is 2.38. The third-order valence-electron chi connectivity index (χ3n) is 3.35. The minimum Gasteiger partial charge on any atom is -0.481 e. The number of rotatable bonds is 13. The largest absolute Gasteiger partial charge is 0.481 e. The van der Waals surface area contributed by atoms with Gasteiger partial charge in [-0.25, -0.2) is 0 Å². The Morgan fingerprint density at radius 1 is 1.10 bits per heavy atom. The summed E-state index contributed by atoms with van der Waals surface area (Å²) in [5, 5.41) is 9.03. The number of hydrogen-bond acceptors (Lipinski definition) is 3. The quantitative estimate of drug-likeness (QED) is 0.527. The van der Waals surface area contributed by atoms with Crippen molar-refractivity contribution in [2.24, 2.45) is 5.92 Å². The number of nitrogens with zero attached hydrogens (tertiary/aromatic N) is 1. The molecule has 0 aliphatic heterocycles. The first-order chi connectivity index (χ1) is 9.47. The minimum atomic E-state index is -0.706. The number of hydrogen-bond donors (Lipinski definition) is 1. The fraction of sp³-hybridized carbons (Fsp3) is 0.938. The Kier molecular flexibility index (Phi) is 11.8. The lowest BCUT2D eigenvalue weighted by molar-refractivity contribution is -0.141. The smallest absolute Gasteiger partial charge is 0.307 e. The van der Waals surface area contributed by atoms with Gasteiger partial charge in [-0.3, -0.25) is 4.79 Å². The van der Waals surface area contributed by atoms with Crippen LogP contribution in [0.4, 0.5) is 0 Å². The first kappa shape index (κ1) is 19.4. The second-order valence-corrected chi connectivity index (χ2v) is 5.87. The van der Waals surface area contributed by atoms with E-state index in [-0.39, 0.29) is 12.0 Å². The summed E-state index contributed by atoms with van der Waals surface area (Å²) in [4.78, 5) is 13.3. The predicted molar refractivity (Wildman–Crippen MR) is 83.1 cm³/mol. The summed E-state index contributed by atoms with van der Waals surface area (Å²) in [6, 6.07) is 0. The first-order valence-corrected chi connectivity index (χ1v) is 8.04. The molecule has 0 saturated heterocycles. The summed E-state index contributed by atoms with van der Waals surface area (Å²) < 4.78 is 5.54. The highest BCUT2D eigenvalue weighted by atomic mass is 16.5. The van der Waals surface area contributed by atoms with E-state index < -0.39 is 5.97 Å². The number of carboxylic acids is 1. The third-order valence-corrected chi connectivity index (χ3v) is 3.35. The molecular weight excluding hydrogens is 254 g/mol. The molecule has 0 saturated carbocycles. The van der Waals surface area contributed by atoms with Crippen molar-refractivity contribution in [1.82, 2.24) is 4.90 Å². The van der Waals surface area contributed by atoms with Crippen molar-refractivity contribution in [2.75, 3.05) is 26.2 Å². The van der Waals surface area contributed by atoms with Gasteiger partial charge < -0.3 is 14.7 Å². The zero-order valence-electron chi connectivity index (χ0n) is 13.7. The van der Waals surface area contributed by atoms with Gasteiger partial charge in [0.2, 0.25) is 0 Å². The lowest BCUT2D eigenvalue weighted by atomic mass is 10.1. The SMILES string of the molecule is CCCCCCN(CCCOC(C)C)CC(C)C(=O)O. The first-order valence-electron chi connectivity index (χ1n) is 8.04. The van der Waals surface area contributed by atoms with Crippen LogP contribution in [0.1, 0.15) is 59.8 Å². The summed E-state index contributed by atoms with van der Waals surface area (Å²) in [5.41, 5.74) is 0. The van der Waals surface area contributed by atoms with Gasteiger partial charge in [-0.15, -0.1) is 0 Å². The summed E-state index contributed by atoms with van der Waals surface area (Å²) in [7, 11) is 0. The molecular formula is C16H33NO3. The summed E-state index contributed by atoms with van der Waals surface area (Å²) in [5.74, 6) is -1.01. The van der Waals surface area contributed by atoms with Gasteiger partial charge in [-0.05, 0) is 33.2 Å². The second kappa shape index (κ2) is 12.2. The van der Waals surface area contributed by atoms with Crippen LogP contribution in [0.3, 0.4) is 0 Å². The van der Waals surface area contributed by atoms with Crippen LogP contribution >= 0.6 is 0 Å². The second-order valence-electron chi connectivity index (χ2n) is 5.87. The number of carboxylic acid groups (broad SMARTS) is 1. The molecule has 0 aliphatic carbocycles. The maximum Gasteiger partial charge on any atom is 0.307 e. The lowest BCUT2D eigenvalue weighted by Crippen LogP contribution is -2.34. The van der Waals surface area contributed by atoms with E-state index >= 15 is 0 Å². The van der Waals surface area contributed by atoms with Crippen molar-refractivity contribution < 1.29 is 14.6 Å². The Morgan fingerprint density at radius 3 is 2.30 bits per heavy atom. The van der Waals surface area contributed by atoms with Crippen LogP contribution in [-0.2, 0) is 9.53 Å². The molecule has 4 heteroatoms. The third kappa shape index (κ3) is 11.2. The molecule has 0 heterocycles. The van der Waals surface area contributed by atoms with Crippen molar-refractivity contribution in [3.05, 3.63) is 0 Å². The molecule has 0 aliphatic rings. The molecule has 0 radical (unpaired) electrons. The van der Waals surface area contributed by atoms with Gasteiger partial charge in [0, 0.05) is 19.7 Å². The van der Waals surface area contributed by atoms with E-state index in [2.05, 4.69) is 11.8 Å². The van der Waals surface area contributed by atoms with Crippen LogP contribution in [0.5, 0.6) is 0 Å². The van der Waals surface area contributed by atoms with Gasteiger partial charge >= 0.3 is 5.97 Å². The lowest BCUT2D eigenvalue weighted by Gasteiger charge is -2.24. The van der Waals surface area contributed by atoms with E-state index in [9.17, 15) is 4.79 Å². The topological polar surface area (TPSA) is 49.8 Å². The Balaban J connectivity index is 4.00. The standard InChI is InChI=1S/C16H33NO3/c1-5-6-7-8-10-17(13-15(4)16(18)19)11-9-12-20-14(2)3/h14-15H,5-13H2,1-4H3,(H,18,19). The molecule has 1 unspecified atom stereocenters. The molecule has 0 aromatic rings. The van der Waals surface area contributed by atoms with Crippen molar-refractivity contribution in [3.63, 3.8) is 0 Å². The molecule has 0 rings (SSSR count). The number of carbonyl (C=O) groups is 1. The van der Waals surface area contributed by atoms with Gasteiger partial charge in [0.1, 0.15) is 0 Å². The molecule has 1 atom stereocenters. The molecule has 0 aromatic carbocycles. The Hall–Kier alpha value is -0.610. The van der Waals surface area contributed by atoms with Crippen molar-refractivity contribution >= 4 is 5.97 Å². The average molecular weight is 287 g/mol. The zero-order chi connectivity index (χ0) is 15.4. The van der Waals surface area contributed by atoms with E-state index in [1.165, 1.54) is 19.3 Å². The van der Waals surface area contributed by atoms with Gasteiger partial charge in [-0.2, -0.15) is 0 Å². The molecule has 1 N–H and O–H groups in total. The van der Waals surface area contributed by atoms with Crippen molar-refractivity contribution in [2.45, 2.75) is 65.9 Å². The highest BCUT2D eigenvalue weighted by molar-refractivity contribution is 5.69. The molecule has 4 nitrogen and oxygen atoms in total. The molecule has 0 bridgehead atoms. The van der Waals surface area contributed by atoms with Crippen LogP contribution in [0.15, 0.2) is 0 Å². The fourth-order valence-corrected chi connectivity index (χ4v) is 2.13. The highest BCUT2D eigenvalue weighted by Crippen LogP contribution is 2.06. The van der Waals surface area contributed by atoms with Crippen LogP contribution in [-0.4, -0.2) is 48.3 Å². The molecule has 0 aromatic heterocycles. The molecule has 120 valence electrons. The summed E-state index contributed by atoms with van der Waals surface area (Å²) >= 11 is 0. The van der Waals surface area contributed by atoms with Gasteiger partial charge in [-0.1, -0.05) is 33.1 Å². The number of unbranched alkanes of at least 4 members (excludes halogenated alkanes) is 3. The Morgan fingerprint density at radius 2 is 1.75 bits per heavy atom. The van der Waals surface area contributed by atoms with E-state index in [0.717, 1.165) is 32.5 Å². The molecule has 0 fully saturated rings. The fourth-order valence-electron chi connectivity index (χ4n) is 2.13. The van der Waals surface area contributed by atoms with E-state index in [4.69, 9.17) is 9.84 Å². The highest BCUT2D eigenvalue weighted by Gasteiger charge is 2.15. The van der Waals surface area contributed by atoms with Crippen LogP contribution < -0.4 is 0 Å². The van der Waals surface area contributed by atoms with E-state index in [0.29, 0.717) is 6.54 Å². The van der Waals surface area contributed by atoms with Crippen molar-refractivity contribution in [3.8, 4) is 0 Å². The van der Waals surface area contributed by atoms with E-state index in [1.807, 2.05) is 13.8 Å². The van der Waals surface area contributed by atoms with Crippen LogP contribution in [0.2, 0.25) is 0 Å². The van der Waals surface area contributed by atoms with Crippen LogP contribution in [0, 0.1) is 5.92 Å². The van der Waals surface area contributed by atoms with Crippen molar-refractivity contribution in [1.29, 1.82) is 0 Å². The molecule has 20 heavy (non-hydrogen) atoms. The summed E-state index contributed by atoms with van der Waals surface area (Å²) in [6.07, 6.45) is 6.12. The van der Waals surface area contributed by atoms with Gasteiger partial charge in [0.05, 0.1) is 12.0 Å². The minimum absolute atomic E-state index is 0.269. The Bertz CT molecular complexity index is 244. The van der Waals surface area contributed by atoms with Gasteiger partial charge in [0.25, 0.3) is 0 Å². The van der Waals surface area contributed by atoms with Gasteiger partial charge in [0.15, 0.2) is 0 Å². The normalized spacial score (nSPS) is 13.1. The molecule has 0 amide bonds. The van der Waals surface area contributed by atoms with Crippen LogP contribution in [0.25, 0.3) is 0 Å². The monoisotopic (exact) mass is 287 g/mol. The maximum absolute atomic E-state index is 11.0. The maximum atomic E-state index is 11.0. The Labute approximate surface area is 124 Å². The molecule has 0 spiro atoms.